The first-order valence-electron chi connectivity index (χ1n) is 9.07. The lowest BCUT2D eigenvalue weighted by Gasteiger charge is -2.04. The van der Waals surface area contributed by atoms with E-state index in [-0.39, 0.29) is 11.8 Å². The molecule has 0 aliphatic carbocycles. The van der Waals surface area contributed by atoms with E-state index >= 15 is 0 Å². The molecule has 0 amide bonds. The molecule has 0 bridgehead atoms. The van der Waals surface area contributed by atoms with Crippen molar-refractivity contribution in [3.8, 4) is 11.1 Å². The van der Waals surface area contributed by atoms with Crippen molar-refractivity contribution in [2.45, 2.75) is 6.92 Å². The molecule has 0 saturated heterocycles. The number of benzene rings is 3. The fourth-order valence-corrected chi connectivity index (χ4v) is 2.68. The number of esters is 1. The van der Waals surface area contributed by atoms with Gasteiger partial charge in [0.1, 0.15) is 0 Å². The molecule has 3 aromatic rings. The van der Waals surface area contributed by atoms with Crippen LogP contribution >= 0.6 is 0 Å². The van der Waals surface area contributed by atoms with Gasteiger partial charge < -0.3 is 10.1 Å². The zero-order valence-electron chi connectivity index (χ0n) is 15.6. The van der Waals surface area contributed by atoms with Crippen molar-refractivity contribution >= 4 is 17.4 Å². The van der Waals surface area contributed by atoms with Gasteiger partial charge in [0.05, 0.1) is 12.2 Å². The topological polar surface area (TPSA) is 55.4 Å². The Balaban J connectivity index is 1.58. The third-order valence-electron chi connectivity index (χ3n) is 4.16. The van der Waals surface area contributed by atoms with E-state index in [2.05, 4.69) is 5.32 Å². The van der Waals surface area contributed by atoms with Crippen LogP contribution in [0.5, 0.6) is 0 Å². The zero-order valence-corrected chi connectivity index (χ0v) is 15.6. The van der Waals surface area contributed by atoms with E-state index in [1.165, 1.54) is 6.08 Å². The summed E-state index contributed by atoms with van der Waals surface area (Å²) in [5.41, 5.74) is 4.07. The quantitative estimate of drug-likeness (QED) is 0.346. The molecule has 4 nitrogen and oxygen atoms in total. The van der Waals surface area contributed by atoms with Crippen molar-refractivity contribution in [3.05, 3.63) is 102 Å². The van der Waals surface area contributed by atoms with Crippen molar-refractivity contribution in [2.75, 3.05) is 11.9 Å². The predicted octanol–water partition coefficient (Wildman–Crippen LogP) is 5.34. The third-order valence-corrected chi connectivity index (χ3v) is 4.16. The Bertz CT molecular complexity index is 959. The molecule has 0 aromatic heterocycles. The third kappa shape index (κ3) is 4.95. The molecule has 28 heavy (non-hydrogen) atoms. The number of ketones is 1. The Labute approximate surface area is 164 Å². The van der Waals surface area contributed by atoms with Crippen molar-refractivity contribution in [2.24, 2.45) is 0 Å². The maximum absolute atomic E-state index is 12.3. The number of allylic oxidation sites excluding steroid dienone is 1. The van der Waals surface area contributed by atoms with Gasteiger partial charge in [0.2, 0.25) is 0 Å². The van der Waals surface area contributed by atoms with Gasteiger partial charge in [-0.05, 0) is 42.3 Å². The van der Waals surface area contributed by atoms with Crippen LogP contribution in [0.2, 0.25) is 0 Å². The molecule has 0 saturated carbocycles. The molecule has 140 valence electrons. The fourth-order valence-electron chi connectivity index (χ4n) is 2.68. The molecule has 0 fully saturated rings. The largest absolute Gasteiger partial charge is 0.462 e. The van der Waals surface area contributed by atoms with Crippen LogP contribution in [0.1, 0.15) is 27.6 Å². The van der Waals surface area contributed by atoms with Crippen molar-refractivity contribution < 1.29 is 14.3 Å². The Morgan fingerprint density at radius 3 is 2.07 bits per heavy atom. The van der Waals surface area contributed by atoms with Gasteiger partial charge in [-0.15, -0.1) is 0 Å². The monoisotopic (exact) mass is 371 g/mol. The second kappa shape index (κ2) is 9.33. The molecule has 3 aromatic carbocycles. The molecule has 0 aliphatic rings. The van der Waals surface area contributed by atoms with E-state index in [0.29, 0.717) is 17.7 Å². The number of hydrogen-bond donors (Lipinski definition) is 1. The Morgan fingerprint density at radius 1 is 0.821 bits per heavy atom. The molecule has 0 atom stereocenters. The molecule has 0 spiro atoms. The zero-order chi connectivity index (χ0) is 19.8. The van der Waals surface area contributed by atoms with Crippen LogP contribution in [0.25, 0.3) is 11.1 Å². The summed E-state index contributed by atoms with van der Waals surface area (Å²) in [5, 5.41) is 3.03. The smallest absolute Gasteiger partial charge is 0.338 e. The van der Waals surface area contributed by atoms with Gasteiger partial charge in [-0.1, -0.05) is 54.6 Å². The van der Waals surface area contributed by atoms with Gasteiger partial charge >= 0.3 is 5.97 Å². The molecule has 0 radical (unpaired) electrons. The average Bonchev–Trinajstić information content (AvgIpc) is 2.75. The van der Waals surface area contributed by atoms with E-state index in [1.807, 2.05) is 54.6 Å². The Hall–Kier alpha value is -3.66. The molecule has 0 aliphatic heterocycles. The minimum Gasteiger partial charge on any atom is -0.462 e. The lowest BCUT2D eigenvalue weighted by Crippen LogP contribution is -2.04. The highest BCUT2D eigenvalue weighted by Crippen LogP contribution is 2.19. The predicted molar refractivity (Wildman–Crippen MR) is 111 cm³/mol. The first-order valence-corrected chi connectivity index (χ1v) is 9.07. The fraction of sp³-hybridized carbons (Fsp3) is 0.0833. The van der Waals surface area contributed by atoms with E-state index < -0.39 is 0 Å². The van der Waals surface area contributed by atoms with Crippen LogP contribution in [-0.2, 0) is 4.74 Å². The summed E-state index contributed by atoms with van der Waals surface area (Å²) in [4.78, 5) is 23.9. The van der Waals surface area contributed by atoms with Gasteiger partial charge in [-0.25, -0.2) is 4.79 Å². The summed E-state index contributed by atoms with van der Waals surface area (Å²) >= 11 is 0. The Morgan fingerprint density at radius 2 is 1.43 bits per heavy atom. The maximum Gasteiger partial charge on any atom is 0.338 e. The number of anilines is 1. The van der Waals surface area contributed by atoms with E-state index in [1.54, 1.807) is 37.4 Å². The van der Waals surface area contributed by atoms with Crippen LogP contribution in [0.15, 0.2) is 91.1 Å². The van der Waals surface area contributed by atoms with Crippen LogP contribution in [0.4, 0.5) is 5.69 Å². The van der Waals surface area contributed by atoms with Crippen LogP contribution in [-0.4, -0.2) is 18.4 Å². The molecular formula is C24H21NO3. The highest BCUT2D eigenvalue weighted by molar-refractivity contribution is 6.04. The number of rotatable bonds is 7. The summed E-state index contributed by atoms with van der Waals surface area (Å²) < 4.78 is 4.95. The number of carbonyl (C=O) groups excluding carboxylic acids is 2. The molecule has 0 heterocycles. The van der Waals surface area contributed by atoms with Gasteiger partial charge in [0, 0.05) is 23.5 Å². The lowest BCUT2D eigenvalue weighted by atomic mass is 10.0. The standard InChI is InChI=1S/C24H21NO3/c1-2-28-24(27)21-12-14-22(15-13-21)25-17-16-23(26)20-10-8-19(9-11-20)18-6-4-3-5-7-18/h3-17,25H,2H2,1H3/b17-16-. The van der Waals surface area contributed by atoms with Crippen LogP contribution < -0.4 is 5.32 Å². The summed E-state index contributed by atoms with van der Waals surface area (Å²) in [7, 11) is 0. The summed E-state index contributed by atoms with van der Waals surface area (Å²) in [5.74, 6) is -0.436. The summed E-state index contributed by atoms with van der Waals surface area (Å²) in [6.45, 7) is 2.11. The van der Waals surface area contributed by atoms with Crippen LogP contribution in [0, 0.1) is 0 Å². The first kappa shape index (κ1) is 19.1. The summed E-state index contributed by atoms with van der Waals surface area (Å²) in [6, 6.07) is 24.4. The lowest BCUT2D eigenvalue weighted by molar-refractivity contribution is 0.0526. The van der Waals surface area contributed by atoms with Gasteiger partial charge in [-0.3, -0.25) is 4.79 Å². The minimum absolute atomic E-state index is 0.0877. The van der Waals surface area contributed by atoms with Crippen molar-refractivity contribution in [1.82, 2.24) is 0 Å². The summed E-state index contributed by atoms with van der Waals surface area (Å²) in [6.07, 6.45) is 3.07. The minimum atomic E-state index is -0.348. The molecule has 3 rings (SSSR count). The number of ether oxygens (including phenoxy) is 1. The first-order chi connectivity index (χ1) is 13.7. The second-order valence-electron chi connectivity index (χ2n) is 6.08. The molecule has 0 unspecified atom stereocenters. The highest BCUT2D eigenvalue weighted by atomic mass is 16.5. The average molecular weight is 371 g/mol. The maximum atomic E-state index is 12.3. The molecular weight excluding hydrogens is 350 g/mol. The van der Waals surface area contributed by atoms with Crippen molar-refractivity contribution in [1.29, 1.82) is 0 Å². The molecule has 4 heteroatoms. The van der Waals surface area contributed by atoms with E-state index in [4.69, 9.17) is 4.74 Å². The van der Waals surface area contributed by atoms with Crippen LogP contribution in [0.3, 0.4) is 0 Å². The van der Waals surface area contributed by atoms with E-state index in [0.717, 1.165) is 16.8 Å². The number of carbonyl (C=O) groups is 2. The molecule has 1 N–H and O–H groups in total. The SMILES string of the molecule is CCOC(=O)c1ccc(N/C=C\C(=O)c2ccc(-c3ccccc3)cc2)cc1. The number of nitrogens with one attached hydrogen (secondary N) is 1. The van der Waals surface area contributed by atoms with Gasteiger partial charge in [0.15, 0.2) is 5.78 Å². The van der Waals surface area contributed by atoms with Gasteiger partial charge in [-0.2, -0.15) is 0 Å². The highest BCUT2D eigenvalue weighted by Gasteiger charge is 2.05. The number of hydrogen-bond acceptors (Lipinski definition) is 4. The van der Waals surface area contributed by atoms with Crippen molar-refractivity contribution in [3.63, 3.8) is 0 Å². The van der Waals surface area contributed by atoms with E-state index in [9.17, 15) is 9.59 Å². The second-order valence-corrected chi connectivity index (χ2v) is 6.08. The van der Waals surface area contributed by atoms with Gasteiger partial charge in [0.25, 0.3) is 0 Å². The Kier molecular flexibility index (Phi) is 6.37. The normalized spacial score (nSPS) is 10.6.